The van der Waals surface area contributed by atoms with Crippen LogP contribution in [0, 0.1) is 13.8 Å². The van der Waals surface area contributed by atoms with Crippen LogP contribution in [0.5, 0.6) is 0 Å². The maximum absolute atomic E-state index is 12.3. The molecule has 0 spiro atoms. The molecule has 0 saturated carbocycles. The molecule has 0 unspecified atom stereocenters. The molecular weight excluding hydrogens is 250 g/mol. The summed E-state index contributed by atoms with van der Waals surface area (Å²) < 4.78 is 1.81. The number of para-hydroxylation sites is 1. The molecule has 2 rings (SSSR count). The van der Waals surface area contributed by atoms with Crippen LogP contribution in [0.3, 0.4) is 0 Å². The van der Waals surface area contributed by atoms with Crippen molar-refractivity contribution in [2.75, 3.05) is 14.1 Å². The van der Waals surface area contributed by atoms with Crippen LogP contribution >= 0.6 is 0 Å². The van der Waals surface area contributed by atoms with Crippen molar-refractivity contribution < 1.29 is 4.79 Å². The van der Waals surface area contributed by atoms with Gasteiger partial charge >= 0.3 is 0 Å². The average Bonchev–Trinajstić information content (AvgIpc) is 2.72. The number of benzene rings is 1. The zero-order chi connectivity index (χ0) is 14.7. The van der Waals surface area contributed by atoms with Crippen LogP contribution in [-0.4, -0.2) is 34.6 Å². The molecule has 20 heavy (non-hydrogen) atoms. The maximum Gasteiger partial charge on any atom is 0.190 e. The van der Waals surface area contributed by atoms with Crippen LogP contribution in [0.4, 0.5) is 0 Å². The number of aryl methyl sites for hydroxylation is 1. The molecule has 104 valence electrons. The number of aromatic nitrogens is 2. The van der Waals surface area contributed by atoms with Crippen LogP contribution < -0.4 is 0 Å². The van der Waals surface area contributed by atoms with Crippen molar-refractivity contribution in [2.24, 2.45) is 0 Å². The minimum absolute atomic E-state index is 0.0177. The van der Waals surface area contributed by atoms with Gasteiger partial charge in [-0.2, -0.15) is 5.10 Å². The molecule has 1 aromatic carbocycles. The molecule has 0 saturated heterocycles. The van der Waals surface area contributed by atoms with E-state index in [9.17, 15) is 4.79 Å². The van der Waals surface area contributed by atoms with E-state index in [1.54, 1.807) is 12.3 Å². The normalized spacial score (nSPS) is 11.0. The smallest absolute Gasteiger partial charge is 0.190 e. The van der Waals surface area contributed by atoms with E-state index in [1.807, 2.05) is 67.9 Å². The Morgan fingerprint density at radius 1 is 1.20 bits per heavy atom. The van der Waals surface area contributed by atoms with Gasteiger partial charge in [0.2, 0.25) is 0 Å². The summed E-state index contributed by atoms with van der Waals surface area (Å²) in [6.07, 6.45) is 3.33. The first-order chi connectivity index (χ1) is 9.50. The number of carbonyl (C=O) groups is 1. The fourth-order valence-corrected chi connectivity index (χ4v) is 2.12. The lowest BCUT2D eigenvalue weighted by molar-refractivity contribution is 0.104. The van der Waals surface area contributed by atoms with Crippen molar-refractivity contribution in [1.29, 1.82) is 0 Å². The highest BCUT2D eigenvalue weighted by Gasteiger charge is 2.17. The summed E-state index contributed by atoms with van der Waals surface area (Å²) in [7, 11) is 3.77. The SMILES string of the molecule is Cc1nn(-c2ccccc2)c(C)c1C(=O)/C=C/N(C)C. The number of allylic oxidation sites excluding steroid dienone is 1. The largest absolute Gasteiger partial charge is 0.383 e. The summed E-state index contributed by atoms with van der Waals surface area (Å²) >= 11 is 0. The monoisotopic (exact) mass is 269 g/mol. The standard InChI is InChI=1S/C16H19N3O/c1-12-16(15(20)10-11-18(3)4)13(2)19(17-12)14-8-6-5-7-9-14/h5-11H,1-4H3/b11-10+. The lowest BCUT2D eigenvalue weighted by Crippen LogP contribution is -2.05. The van der Waals surface area contributed by atoms with E-state index < -0.39 is 0 Å². The van der Waals surface area contributed by atoms with Crippen molar-refractivity contribution >= 4 is 5.78 Å². The number of hydrogen-bond acceptors (Lipinski definition) is 3. The highest BCUT2D eigenvalue weighted by atomic mass is 16.1. The Morgan fingerprint density at radius 3 is 2.45 bits per heavy atom. The Kier molecular flexibility index (Phi) is 4.03. The van der Waals surface area contributed by atoms with Crippen LogP contribution in [0.1, 0.15) is 21.7 Å². The van der Waals surface area contributed by atoms with E-state index in [0.29, 0.717) is 5.56 Å². The Morgan fingerprint density at radius 2 is 1.85 bits per heavy atom. The fourth-order valence-electron chi connectivity index (χ4n) is 2.12. The molecule has 4 heteroatoms. The molecule has 0 atom stereocenters. The molecule has 0 N–H and O–H groups in total. The van der Waals surface area contributed by atoms with Crippen molar-refractivity contribution in [3.63, 3.8) is 0 Å². The van der Waals surface area contributed by atoms with Gasteiger partial charge in [0.25, 0.3) is 0 Å². The van der Waals surface area contributed by atoms with Gasteiger partial charge in [0.05, 0.1) is 22.6 Å². The van der Waals surface area contributed by atoms with Crippen LogP contribution in [-0.2, 0) is 0 Å². The van der Waals surface area contributed by atoms with Gasteiger partial charge in [0.15, 0.2) is 5.78 Å². The highest BCUT2D eigenvalue weighted by molar-refractivity contribution is 6.06. The molecule has 0 amide bonds. The van der Waals surface area contributed by atoms with Gasteiger partial charge in [0, 0.05) is 26.4 Å². The molecule has 0 aliphatic carbocycles. The van der Waals surface area contributed by atoms with E-state index in [0.717, 1.165) is 17.1 Å². The number of hydrogen-bond donors (Lipinski definition) is 0. The third-order valence-electron chi connectivity index (χ3n) is 3.06. The molecule has 1 heterocycles. The van der Waals surface area contributed by atoms with Crippen molar-refractivity contribution in [3.8, 4) is 5.69 Å². The minimum Gasteiger partial charge on any atom is -0.383 e. The summed E-state index contributed by atoms with van der Waals surface area (Å²) in [6.45, 7) is 3.78. The molecule has 1 aromatic heterocycles. The van der Waals surface area contributed by atoms with Crippen LogP contribution in [0.25, 0.3) is 5.69 Å². The van der Waals surface area contributed by atoms with E-state index in [-0.39, 0.29) is 5.78 Å². The number of nitrogens with zero attached hydrogens (tertiary/aromatic N) is 3. The molecular formula is C16H19N3O. The van der Waals surface area contributed by atoms with Crippen molar-refractivity contribution in [3.05, 3.63) is 59.6 Å². The summed E-state index contributed by atoms with van der Waals surface area (Å²) in [5.74, 6) is -0.0177. The Hall–Kier alpha value is -2.36. The quantitative estimate of drug-likeness (QED) is 0.633. The van der Waals surface area contributed by atoms with E-state index in [1.165, 1.54) is 0 Å². The zero-order valence-electron chi connectivity index (χ0n) is 12.3. The van der Waals surface area contributed by atoms with Gasteiger partial charge in [-0.1, -0.05) is 18.2 Å². The second-order valence-electron chi connectivity index (χ2n) is 4.94. The predicted octanol–water partition coefficient (Wildman–Crippen LogP) is 2.75. The lowest BCUT2D eigenvalue weighted by Gasteiger charge is -2.05. The molecule has 0 radical (unpaired) electrons. The minimum atomic E-state index is -0.0177. The zero-order valence-corrected chi connectivity index (χ0v) is 12.3. The number of rotatable bonds is 4. The van der Waals surface area contributed by atoms with Gasteiger partial charge in [-0.25, -0.2) is 4.68 Å². The summed E-state index contributed by atoms with van der Waals surface area (Å²) in [4.78, 5) is 14.1. The van der Waals surface area contributed by atoms with E-state index >= 15 is 0 Å². The maximum atomic E-state index is 12.3. The van der Waals surface area contributed by atoms with E-state index in [4.69, 9.17) is 0 Å². The first-order valence-electron chi connectivity index (χ1n) is 6.51. The van der Waals surface area contributed by atoms with Gasteiger partial charge in [-0.15, -0.1) is 0 Å². The Labute approximate surface area is 119 Å². The fraction of sp³-hybridized carbons (Fsp3) is 0.250. The van der Waals surface area contributed by atoms with Crippen LogP contribution in [0.15, 0.2) is 42.6 Å². The Bertz CT molecular complexity index is 639. The summed E-state index contributed by atoms with van der Waals surface area (Å²) in [6, 6.07) is 9.83. The number of ketones is 1. The molecule has 0 aliphatic heterocycles. The molecule has 2 aromatic rings. The molecule has 0 fully saturated rings. The first-order valence-corrected chi connectivity index (χ1v) is 6.51. The highest BCUT2D eigenvalue weighted by Crippen LogP contribution is 2.18. The Balaban J connectivity index is 2.42. The molecule has 0 aliphatic rings. The predicted molar refractivity (Wildman–Crippen MR) is 80.2 cm³/mol. The average molecular weight is 269 g/mol. The van der Waals surface area contributed by atoms with E-state index in [2.05, 4.69) is 5.10 Å². The van der Waals surface area contributed by atoms with Crippen molar-refractivity contribution in [1.82, 2.24) is 14.7 Å². The second kappa shape index (κ2) is 5.74. The summed E-state index contributed by atoms with van der Waals surface area (Å²) in [5, 5.41) is 4.48. The number of carbonyl (C=O) groups excluding carboxylic acids is 1. The topological polar surface area (TPSA) is 38.1 Å². The van der Waals surface area contributed by atoms with Gasteiger partial charge in [-0.3, -0.25) is 4.79 Å². The van der Waals surface area contributed by atoms with Crippen LogP contribution in [0.2, 0.25) is 0 Å². The third-order valence-corrected chi connectivity index (χ3v) is 3.06. The van der Waals surface area contributed by atoms with Gasteiger partial charge in [-0.05, 0) is 26.0 Å². The van der Waals surface area contributed by atoms with Gasteiger partial charge < -0.3 is 4.90 Å². The lowest BCUT2D eigenvalue weighted by atomic mass is 10.1. The molecule has 0 bridgehead atoms. The first kappa shape index (κ1) is 14.1. The van der Waals surface area contributed by atoms with Gasteiger partial charge in [0.1, 0.15) is 0 Å². The van der Waals surface area contributed by atoms with Crippen molar-refractivity contribution in [2.45, 2.75) is 13.8 Å². The summed E-state index contributed by atoms with van der Waals surface area (Å²) in [5.41, 5.74) is 3.25. The molecule has 4 nitrogen and oxygen atoms in total. The third kappa shape index (κ3) is 2.79. The second-order valence-corrected chi connectivity index (χ2v) is 4.94.